The average molecular weight is 520 g/mol. The Bertz CT molecular complexity index is 1290. The van der Waals surface area contributed by atoms with E-state index in [0.717, 1.165) is 57.4 Å². The number of aromatic nitrogens is 2. The average Bonchev–Trinajstić information content (AvgIpc) is 3.37. The van der Waals surface area contributed by atoms with Gasteiger partial charge in [0.1, 0.15) is 5.76 Å². The van der Waals surface area contributed by atoms with Gasteiger partial charge in [-0.25, -0.2) is 0 Å². The number of halogens is 1. The van der Waals surface area contributed by atoms with Crippen LogP contribution in [0.1, 0.15) is 57.9 Å². The van der Waals surface area contributed by atoms with Crippen LogP contribution >= 0.6 is 11.6 Å². The predicted octanol–water partition coefficient (Wildman–Crippen LogP) is 4.44. The minimum absolute atomic E-state index is 0.0962. The number of rotatable bonds is 3. The van der Waals surface area contributed by atoms with Gasteiger partial charge in [-0.1, -0.05) is 28.9 Å². The highest BCUT2D eigenvalue weighted by molar-refractivity contribution is 6.33. The van der Waals surface area contributed by atoms with Crippen molar-refractivity contribution in [2.45, 2.75) is 38.6 Å². The molecule has 1 aromatic carbocycles. The van der Waals surface area contributed by atoms with Crippen LogP contribution in [0.25, 0.3) is 0 Å². The van der Waals surface area contributed by atoms with Crippen molar-refractivity contribution >= 4 is 29.1 Å². The molecule has 2 saturated heterocycles. The van der Waals surface area contributed by atoms with Crippen LogP contribution in [0.5, 0.6) is 0 Å². The molecule has 0 N–H and O–H groups in total. The third-order valence-corrected chi connectivity index (χ3v) is 8.71. The summed E-state index contributed by atoms with van der Waals surface area (Å²) in [5.74, 6) is 0.457. The number of nitrogens with zero attached hydrogens (tertiary/aromatic N) is 5. The van der Waals surface area contributed by atoms with E-state index < -0.39 is 0 Å². The first-order valence-corrected chi connectivity index (χ1v) is 13.4. The second kappa shape index (κ2) is 9.82. The molecule has 192 valence electrons. The van der Waals surface area contributed by atoms with Crippen molar-refractivity contribution in [1.29, 1.82) is 0 Å². The summed E-state index contributed by atoms with van der Waals surface area (Å²) in [6.45, 7) is 4.30. The molecule has 8 nitrogen and oxygen atoms in total. The fourth-order valence-electron chi connectivity index (χ4n) is 5.98. The molecule has 3 aliphatic rings. The largest absolute Gasteiger partial charge is 0.371 e. The maximum absolute atomic E-state index is 13.5. The Balaban J connectivity index is 1.09. The van der Waals surface area contributed by atoms with Gasteiger partial charge < -0.3 is 19.2 Å². The Morgan fingerprint density at radius 3 is 2.30 bits per heavy atom. The fourth-order valence-corrected chi connectivity index (χ4v) is 6.20. The molecule has 1 spiro atoms. The molecule has 2 amide bonds. The van der Waals surface area contributed by atoms with Crippen LogP contribution in [0, 0.1) is 5.41 Å². The minimum atomic E-state index is -0.145. The molecule has 0 aliphatic carbocycles. The number of carbonyl (C=O) groups excluding carboxylic acids is 2. The number of hydrogen-bond donors (Lipinski definition) is 0. The Labute approximate surface area is 221 Å². The number of fused-ring (bicyclic) bond motifs is 1. The topological polar surface area (TPSA) is 82.8 Å². The summed E-state index contributed by atoms with van der Waals surface area (Å²) in [6, 6.07) is 11.2. The predicted molar refractivity (Wildman–Crippen MR) is 140 cm³/mol. The van der Waals surface area contributed by atoms with Crippen molar-refractivity contribution in [2.75, 3.05) is 37.6 Å². The molecule has 37 heavy (non-hydrogen) atoms. The van der Waals surface area contributed by atoms with Gasteiger partial charge in [-0.3, -0.25) is 14.6 Å². The lowest BCUT2D eigenvalue weighted by Crippen LogP contribution is -2.48. The highest BCUT2D eigenvalue weighted by Gasteiger charge is 2.40. The van der Waals surface area contributed by atoms with E-state index in [9.17, 15) is 9.59 Å². The maximum atomic E-state index is 13.5. The van der Waals surface area contributed by atoms with Gasteiger partial charge in [0.05, 0.1) is 17.1 Å². The van der Waals surface area contributed by atoms with Crippen LogP contribution in [0.15, 0.2) is 53.3 Å². The normalized spacial score (nSPS) is 19.1. The van der Waals surface area contributed by atoms with Gasteiger partial charge >= 0.3 is 0 Å². The van der Waals surface area contributed by atoms with Gasteiger partial charge in [0.15, 0.2) is 5.69 Å². The van der Waals surface area contributed by atoms with E-state index in [-0.39, 0.29) is 11.8 Å². The number of benzene rings is 1. The van der Waals surface area contributed by atoms with E-state index in [0.29, 0.717) is 47.0 Å². The second-order valence-electron chi connectivity index (χ2n) is 10.4. The summed E-state index contributed by atoms with van der Waals surface area (Å²) < 4.78 is 5.55. The van der Waals surface area contributed by atoms with E-state index >= 15 is 0 Å². The maximum Gasteiger partial charge on any atom is 0.276 e. The number of likely N-dealkylation sites (tertiary alicyclic amines) is 1. The molecule has 3 aliphatic heterocycles. The first-order chi connectivity index (χ1) is 18.0. The zero-order chi connectivity index (χ0) is 25.4. The molecule has 0 unspecified atom stereocenters. The lowest BCUT2D eigenvalue weighted by atomic mass is 9.71. The quantitative estimate of drug-likeness (QED) is 0.508. The van der Waals surface area contributed by atoms with Crippen molar-refractivity contribution in [3.05, 3.63) is 76.4 Å². The van der Waals surface area contributed by atoms with Gasteiger partial charge in [-0.15, -0.1) is 0 Å². The minimum Gasteiger partial charge on any atom is -0.371 e. The number of anilines is 1. The monoisotopic (exact) mass is 519 g/mol. The van der Waals surface area contributed by atoms with Gasteiger partial charge in [-0.05, 0) is 55.4 Å². The van der Waals surface area contributed by atoms with Crippen molar-refractivity contribution in [2.24, 2.45) is 5.41 Å². The SMILES string of the molecule is O=C(c1ccccc1Cl)N1CCc2onc(C(=O)N3CCC4(CC3)CCN(c3ccncc3)CC4)c2C1. The van der Waals surface area contributed by atoms with Crippen molar-refractivity contribution < 1.29 is 14.1 Å². The van der Waals surface area contributed by atoms with Crippen LogP contribution in [-0.2, 0) is 13.0 Å². The molecule has 0 saturated carbocycles. The molecule has 9 heteroatoms. The summed E-state index contributed by atoms with van der Waals surface area (Å²) in [4.78, 5) is 36.8. The molecule has 0 radical (unpaired) electrons. The van der Waals surface area contributed by atoms with Gasteiger partial charge in [0.25, 0.3) is 11.8 Å². The van der Waals surface area contributed by atoms with E-state index in [2.05, 4.69) is 27.2 Å². The summed E-state index contributed by atoms with van der Waals surface area (Å²) in [5, 5.41) is 4.59. The molecule has 2 fully saturated rings. The van der Waals surface area contributed by atoms with Gasteiger partial charge in [0.2, 0.25) is 0 Å². The van der Waals surface area contributed by atoms with Crippen molar-refractivity contribution in [3.63, 3.8) is 0 Å². The molecule has 0 atom stereocenters. The van der Waals surface area contributed by atoms with E-state index in [1.807, 2.05) is 17.3 Å². The van der Waals surface area contributed by atoms with Crippen LogP contribution in [0.3, 0.4) is 0 Å². The number of hydrogen-bond acceptors (Lipinski definition) is 6. The Hall–Kier alpha value is -3.39. The lowest BCUT2D eigenvalue weighted by molar-refractivity contribution is 0.0503. The van der Waals surface area contributed by atoms with E-state index in [1.165, 1.54) is 5.69 Å². The van der Waals surface area contributed by atoms with Crippen molar-refractivity contribution in [1.82, 2.24) is 19.9 Å². The molecule has 6 rings (SSSR count). The van der Waals surface area contributed by atoms with Crippen LogP contribution in [0.4, 0.5) is 5.69 Å². The highest BCUT2D eigenvalue weighted by atomic mass is 35.5. The molecule has 0 bridgehead atoms. The number of piperidine rings is 2. The zero-order valence-corrected chi connectivity index (χ0v) is 21.5. The summed E-state index contributed by atoms with van der Waals surface area (Å²) >= 11 is 6.26. The first-order valence-electron chi connectivity index (χ1n) is 13.0. The molecule has 3 aromatic rings. The molecule has 2 aromatic heterocycles. The smallest absolute Gasteiger partial charge is 0.276 e. The van der Waals surface area contributed by atoms with Crippen molar-refractivity contribution in [3.8, 4) is 0 Å². The number of pyridine rings is 1. The standard InChI is InChI=1S/C28H30ClN5O3/c29-23-4-2-1-3-21(23)26(35)34-14-7-24-22(19-34)25(31-37-24)27(36)33-17-10-28(11-18-33)8-15-32(16-9-28)20-5-12-30-13-6-20/h1-6,12-13H,7-11,14-19H2. The first kappa shape index (κ1) is 24.0. The third kappa shape index (κ3) is 4.59. The molecular formula is C28H30ClN5O3. The zero-order valence-electron chi connectivity index (χ0n) is 20.7. The highest BCUT2D eigenvalue weighted by Crippen LogP contribution is 2.42. The van der Waals surface area contributed by atoms with Crippen LogP contribution in [-0.4, -0.2) is 64.5 Å². The summed E-state index contributed by atoms with van der Waals surface area (Å²) in [7, 11) is 0. The third-order valence-electron chi connectivity index (χ3n) is 8.38. The second-order valence-corrected chi connectivity index (χ2v) is 10.8. The Morgan fingerprint density at radius 1 is 0.865 bits per heavy atom. The van der Waals surface area contributed by atoms with Crippen LogP contribution < -0.4 is 4.90 Å². The Kier molecular flexibility index (Phi) is 6.36. The Morgan fingerprint density at radius 2 is 1.57 bits per heavy atom. The summed E-state index contributed by atoms with van der Waals surface area (Å²) in [5.41, 5.74) is 3.06. The fraction of sp³-hybridized carbons (Fsp3) is 0.429. The lowest BCUT2D eigenvalue weighted by Gasteiger charge is -2.47. The summed E-state index contributed by atoms with van der Waals surface area (Å²) in [6.07, 6.45) is 8.49. The molecule has 5 heterocycles. The van der Waals surface area contributed by atoms with Gasteiger partial charge in [-0.2, -0.15) is 0 Å². The van der Waals surface area contributed by atoms with E-state index in [1.54, 1.807) is 29.2 Å². The van der Waals surface area contributed by atoms with Crippen LogP contribution in [0.2, 0.25) is 5.02 Å². The number of carbonyl (C=O) groups is 2. The van der Waals surface area contributed by atoms with Gasteiger partial charge in [0, 0.05) is 62.8 Å². The molecular weight excluding hydrogens is 490 g/mol. The number of amides is 2. The van der Waals surface area contributed by atoms with E-state index in [4.69, 9.17) is 16.1 Å².